The normalized spacial score (nSPS) is 13.1. The van der Waals surface area contributed by atoms with Gasteiger partial charge in [0.15, 0.2) is 0 Å². The van der Waals surface area contributed by atoms with Gasteiger partial charge in [0.1, 0.15) is 5.82 Å². The van der Waals surface area contributed by atoms with E-state index >= 15 is 0 Å². The van der Waals surface area contributed by atoms with E-state index in [1.807, 2.05) is 0 Å². The van der Waals surface area contributed by atoms with Crippen LogP contribution in [0, 0.1) is 9.39 Å². The van der Waals surface area contributed by atoms with Gasteiger partial charge in [0, 0.05) is 3.57 Å². The van der Waals surface area contributed by atoms with E-state index < -0.39 is 6.10 Å². The van der Waals surface area contributed by atoms with Crippen LogP contribution in [0.5, 0.6) is 0 Å². The lowest BCUT2D eigenvalue weighted by atomic mass is 10.1. The molecular formula is C8H8FIO. The van der Waals surface area contributed by atoms with Crippen LogP contribution in [0.25, 0.3) is 0 Å². The Bertz CT molecular complexity index is 260. The Morgan fingerprint density at radius 1 is 1.55 bits per heavy atom. The van der Waals surface area contributed by atoms with Gasteiger partial charge >= 0.3 is 0 Å². The van der Waals surface area contributed by atoms with Crippen molar-refractivity contribution in [2.45, 2.75) is 13.0 Å². The molecule has 0 radical (unpaired) electrons. The van der Waals surface area contributed by atoms with Crippen LogP contribution in [0.3, 0.4) is 0 Å². The van der Waals surface area contributed by atoms with Gasteiger partial charge in [-0.2, -0.15) is 0 Å². The predicted octanol–water partition coefficient (Wildman–Crippen LogP) is 2.48. The van der Waals surface area contributed by atoms with Gasteiger partial charge in [-0.15, -0.1) is 0 Å². The summed E-state index contributed by atoms with van der Waals surface area (Å²) in [5.41, 5.74) is 0.644. The number of halogens is 2. The van der Waals surface area contributed by atoms with Gasteiger partial charge in [-0.3, -0.25) is 0 Å². The lowest BCUT2D eigenvalue weighted by molar-refractivity contribution is 0.198. The molecule has 0 bridgehead atoms. The van der Waals surface area contributed by atoms with Gasteiger partial charge in [-0.05, 0) is 53.3 Å². The minimum atomic E-state index is -0.599. The fourth-order valence-corrected chi connectivity index (χ4v) is 1.62. The fraction of sp³-hybridized carbons (Fsp3) is 0.250. The molecule has 3 heteroatoms. The van der Waals surface area contributed by atoms with E-state index in [-0.39, 0.29) is 5.82 Å². The molecule has 0 amide bonds. The van der Waals surface area contributed by atoms with Crippen molar-refractivity contribution >= 4 is 22.6 Å². The summed E-state index contributed by atoms with van der Waals surface area (Å²) in [4.78, 5) is 0. The third-order valence-electron chi connectivity index (χ3n) is 1.41. The van der Waals surface area contributed by atoms with Crippen molar-refractivity contribution in [3.63, 3.8) is 0 Å². The quantitative estimate of drug-likeness (QED) is 0.774. The van der Waals surface area contributed by atoms with Crippen molar-refractivity contribution in [1.29, 1.82) is 0 Å². The molecule has 0 spiro atoms. The summed E-state index contributed by atoms with van der Waals surface area (Å²) >= 11 is 2.07. The zero-order chi connectivity index (χ0) is 8.43. The minimum absolute atomic E-state index is 0.304. The molecule has 60 valence electrons. The van der Waals surface area contributed by atoms with Crippen LogP contribution in [0.15, 0.2) is 18.2 Å². The van der Waals surface area contributed by atoms with E-state index in [1.54, 1.807) is 13.0 Å². The van der Waals surface area contributed by atoms with Gasteiger partial charge in [-0.1, -0.05) is 0 Å². The molecule has 0 aliphatic heterocycles. The number of hydrogen-bond donors (Lipinski definition) is 1. The van der Waals surface area contributed by atoms with Crippen molar-refractivity contribution in [2.24, 2.45) is 0 Å². The Hall–Kier alpha value is -0.160. The molecule has 1 N–H and O–H groups in total. The summed E-state index contributed by atoms with van der Waals surface area (Å²) < 4.78 is 13.5. The molecule has 0 heterocycles. The van der Waals surface area contributed by atoms with E-state index in [2.05, 4.69) is 22.6 Å². The van der Waals surface area contributed by atoms with E-state index in [9.17, 15) is 4.39 Å². The Labute approximate surface area is 78.4 Å². The average Bonchev–Trinajstić information content (AvgIpc) is 1.94. The third kappa shape index (κ3) is 2.13. The maximum atomic E-state index is 12.6. The van der Waals surface area contributed by atoms with Crippen molar-refractivity contribution < 1.29 is 9.50 Å². The van der Waals surface area contributed by atoms with Gasteiger partial charge in [-0.25, -0.2) is 4.39 Å². The molecule has 0 saturated carbocycles. The summed E-state index contributed by atoms with van der Waals surface area (Å²) in [6.07, 6.45) is -0.599. The van der Waals surface area contributed by atoms with E-state index in [1.165, 1.54) is 12.1 Å². The second-order valence-electron chi connectivity index (χ2n) is 2.34. The average molecular weight is 266 g/mol. The Morgan fingerprint density at radius 3 is 2.64 bits per heavy atom. The third-order valence-corrected chi connectivity index (χ3v) is 2.39. The molecule has 1 nitrogen and oxygen atoms in total. The van der Waals surface area contributed by atoms with E-state index in [4.69, 9.17) is 5.11 Å². The number of rotatable bonds is 1. The van der Waals surface area contributed by atoms with Gasteiger partial charge < -0.3 is 5.11 Å². The highest BCUT2D eigenvalue weighted by Crippen LogP contribution is 2.20. The molecule has 1 rings (SSSR count). The minimum Gasteiger partial charge on any atom is -0.389 e. The maximum Gasteiger partial charge on any atom is 0.123 e. The van der Waals surface area contributed by atoms with Crippen LogP contribution < -0.4 is 0 Å². The van der Waals surface area contributed by atoms with Crippen LogP contribution in [0.4, 0.5) is 4.39 Å². The molecule has 0 unspecified atom stereocenters. The molecular weight excluding hydrogens is 258 g/mol. The first-order valence-corrected chi connectivity index (χ1v) is 4.32. The van der Waals surface area contributed by atoms with Crippen LogP contribution in [0.2, 0.25) is 0 Å². The van der Waals surface area contributed by atoms with Gasteiger partial charge in [0.25, 0.3) is 0 Å². The molecule has 0 aliphatic carbocycles. The van der Waals surface area contributed by atoms with Crippen LogP contribution >= 0.6 is 22.6 Å². The van der Waals surface area contributed by atoms with Crippen molar-refractivity contribution in [1.82, 2.24) is 0 Å². The largest absolute Gasteiger partial charge is 0.389 e. The molecule has 1 aromatic rings. The molecule has 1 atom stereocenters. The Balaban J connectivity index is 3.13. The first kappa shape index (κ1) is 8.93. The molecule has 0 aromatic heterocycles. The van der Waals surface area contributed by atoms with Crippen LogP contribution in [-0.4, -0.2) is 5.11 Å². The Kier molecular flexibility index (Phi) is 2.84. The SMILES string of the molecule is C[C@H](O)c1cc(F)ccc1I. The summed E-state index contributed by atoms with van der Waals surface area (Å²) in [7, 11) is 0. The van der Waals surface area contributed by atoms with Crippen molar-refractivity contribution in [2.75, 3.05) is 0 Å². The Morgan fingerprint density at radius 2 is 2.18 bits per heavy atom. The zero-order valence-corrected chi connectivity index (χ0v) is 8.17. The first-order chi connectivity index (χ1) is 5.11. The van der Waals surface area contributed by atoms with E-state index in [0.29, 0.717) is 5.56 Å². The maximum absolute atomic E-state index is 12.6. The molecule has 11 heavy (non-hydrogen) atoms. The van der Waals surface area contributed by atoms with Crippen molar-refractivity contribution in [3.05, 3.63) is 33.1 Å². The lowest BCUT2D eigenvalue weighted by Gasteiger charge is -2.06. The second-order valence-corrected chi connectivity index (χ2v) is 3.50. The highest BCUT2D eigenvalue weighted by Gasteiger charge is 2.05. The summed E-state index contributed by atoms with van der Waals surface area (Å²) in [6.45, 7) is 1.62. The molecule has 1 aromatic carbocycles. The molecule has 0 saturated heterocycles. The van der Waals surface area contributed by atoms with Crippen LogP contribution in [-0.2, 0) is 0 Å². The predicted molar refractivity (Wildman–Crippen MR) is 49.8 cm³/mol. The monoisotopic (exact) mass is 266 g/mol. The number of benzene rings is 1. The first-order valence-electron chi connectivity index (χ1n) is 3.24. The zero-order valence-electron chi connectivity index (χ0n) is 6.01. The van der Waals surface area contributed by atoms with Crippen LogP contribution in [0.1, 0.15) is 18.6 Å². The summed E-state index contributed by atoms with van der Waals surface area (Å²) in [5.74, 6) is -0.304. The lowest BCUT2D eigenvalue weighted by Crippen LogP contribution is -1.95. The second kappa shape index (κ2) is 3.49. The van der Waals surface area contributed by atoms with Gasteiger partial charge in [0.05, 0.1) is 6.10 Å². The standard InChI is InChI=1S/C8H8FIO/c1-5(11)7-4-6(9)2-3-8(7)10/h2-5,11H,1H3/t5-/m0/s1. The highest BCUT2D eigenvalue weighted by atomic mass is 127. The summed E-state index contributed by atoms with van der Waals surface area (Å²) in [6, 6.07) is 4.39. The highest BCUT2D eigenvalue weighted by molar-refractivity contribution is 14.1. The molecule has 0 fully saturated rings. The number of aliphatic hydroxyl groups excluding tert-OH is 1. The summed E-state index contributed by atoms with van der Waals surface area (Å²) in [5, 5.41) is 9.16. The smallest absolute Gasteiger partial charge is 0.123 e. The fourth-order valence-electron chi connectivity index (χ4n) is 0.835. The number of aliphatic hydroxyl groups is 1. The van der Waals surface area contributed by atoms with Gasteiger partial charge in [0.2, 0.25) is 0 Å². The van der Waals surface area contributed by atoms with E-state index in [0.717, 1.165) is 3.57 Å². The topological polar surface area (TPSA) is 20.2 Å². The van der Waals surface area contributed by atoms with Crippen molar-refractivity contribution in [3.8, 4) is 0 Å². The molecule has 0 aliphatic rings. The number of hydrogen-bond acceptors (Lipinski definition) is 1.